The Morgan fingerprint density at radius 1 is 1.29 bits per heavy atom. The first-order valence-electron chi connectivity index (χ1n) is 7.97. The molecule has 4 heteroatoms. The van der Waals surface area contributed by atoms with Crippen LogP contribution in [0.1, 0.15) is 37.7 Å². The second-order valence-electron chi connectivity index (χ2n) is 6.28. The second kappa shape index (κ2) is 6.56. The van der Waals surface area contributed by atoms with E-state index in [2.05, 4.69) is 10.2 Å². The Bertz CT molecular complexity index is 501. The van der Waals surface area contributed by atoms with Crippen molar-refractivity contribution in [1.29, 1.82) is 0 Å². The van der Waals surface area contributed by atoms with E-state index in [0.717, 1.165) is 37.4 Å². The monoisotopic (exact) mass is 290 g/mol. The minimum atomic E-state index is -0.189. The van der Waals surface area contributed by atoms with E-state index < -0.39 is 0 Å². The van der Waals surface area contributed by atoms with E-state index in [-0.39, 0.29) is 5.82 Å². The average molecular weight is 290 g/mol. The highest BCUT2D eigenvalue weighted by Crippen LogP contribution is 2.33. The molecule has 0 aromatic heterocycles. The molecule has 1 aromatic carbocycles. The zero-order valence-electron chi connectivity index (χ0n) is 12.4. The SMILES string of the molecule is O=C1CCC(CCNCc2cccc(F)c2)N1CC1CC1. The van der Waals surface area contributed by atoms with Crippen LogP contribution < -0.4 is 5.32 Å². The Hall–Kier alpha value is -1.42. The molecule has 1 aliphatic carbocycles. The molecule has 1 aromatic rings. The zero-order valence-corrected chi connectivity index (χ0v) is 12.4. The van der Waals surface area contributed by atoms with Crippen LogP contribution in [0.4, 0.5) is 4.39 Å². The van der Waals surface area contributed by atoms with Gasteiger partial charge in [-0.2, -0.15) is 0 Å². The van der Waals surface area contributed by atoms with E-state index in [9.17, 15) is 9.18 Å². The van der Waals surface area contributed by atoms with Crippen LogP contribution in [0.3, 0.4) is 0 Å². The lowest BCUT2D eigenvalue weighted by atomic mass is 10.1. The molecule has 114 valence electrons. The van der Waals surface area contributed by atoms with Gasteiger partial charge in [-0.05, 0) is 55.8 Å². The summed E-state index contributed by atoms with van der Waals surface area (Å²) in [4.78, 5) is 14.0. The van der Waals surface area contributed by atoms with E-state index in [1.165, 1.54) is 18.9 Å². The molecule has 2 fully saturated rings. The quantitative estimate of drug-likeness (QED) is 0.783. The van der Waals surface area contributed by atoms with Crippen molar-refractivity contribution in [2.24, 2.45) is 5.92 Å². The number of amides is 1. The Morgan fingerprint density at radius 3 is 2.90 bits per heavy atom. The van der Waals surface area contributed by atoms with Gasteiger partial charge in [0.2, 0.25) is 5.91 Å². The summed E-state index contributed by atoms with van der Waals surface area (Å²) >= 11 is 0. The van der Waals surface area contributed by atoms with Gasteiger partial charge in [-0.15, -0.1) is 0 Å². The highest BCUT2D eigenvalue weighted by atomic mass is 19.1. The van der Waals surface area contributed by atoms with Gasteiger partial charge < -0.3 is 10.2 Å². The maximum Gasteiger partial charge on any atom is 0.222 e. The summed E-state index contributed by atoms with van der Waals surface area (Å²) in [7, 11) is 0. The fourth-order valence-electron chi connectivity index (χ4n) is 3.07. The molecule has 1 aliphatic heterocycles. The molecule has 1 N–H and O–H groups in total. The normalized spacial score (nSPS) is 22.0. The van der Waals surface area contributed by atoms with Crippen LogP contribution in [0.5, 0.6) is 0 Å². The maximum atomic E-state index is 13.1. The maximum absolute atomic E-state index is 13.1. The third kappa shape index (κ3) is 4.03. The Balaban J connectivity index is 1.41. The fourth-order valence-corrected chi connectivity index (χ4v) is 3.07. The predicted molar refractivity (Wildman–Crippen MR) is 80.2 cm³/mol. The minimum Gasteiger partial charge on any atom is -0.339 e. The largest absolute Gasteiger partial charge is 0.339 e. The number of hydrogen-bond donors (Lipinski definition) is 1. The van der Waals surface area contributed by atoms with E-state index in [1.54, 1.807) is 12.1 Å². The minimum absolute atomic E-state index is 0.189. The third-order valence-corrected chi connectivity index (χ3v) is 4.48. The number of carbonyl (C=O) groups excluding carboxylic acids is 1. The van der Waals surface area contributed by atoms with Gasteiger partial charge in [-0.25, -0.2) is 4.39 Å². The van der Waals surface area contributed by atoms with Gasteiger partial charge >= 0.3 is 0 Å². The second-order valence-corrected chi connectivity index (χ2v) is 6.28. The highest BCUT2D eigenvalue weighted by Gasteiger charge is 2.34. The van der Waals surface area contributed by atoms with Crippen LogP contribution >= 0.6 is 0 Å². The van der Waals surface area contributed by atoms with Crippen molar-refractivity contribution in [3.63, 3.8) is 0 Å². The van der Waals surface area contributed by atoms with E-state index in [0.29, 0.717) is 24.9 Å². The highest BCUT2D eigenvalue weighted by molar-refractivity contribution is 5.78. The van der Waals surface area contributed by atoms with Crippen molar-refractivity contribution in [3.8, 4) is 0 Å². The molecule has 1 heterocycles. The lowest BCUT2D eigenvalue weighted by molar-refractivity contribution is -0.129. The van der Waals surface area contributed by atoms with Gasteiger partial charge in [0.15, 0.2) is 0 Å². The molecule has 21 heavy (non-hydrogen) atoms. The summed E-state index contributed by atoms with van der Waals surface area (Å²) in [5, 5.41) is 3.36. The summed E-state index contributed by atoms with van der Waals surface area (Å²) in [5.41, 5.74) is 0.965. The van der Waals surface area contributed by atoms with Crippen LogP contribution in [0.2, 0.25) is 0 Å². The van der Waals surface area contributed by atoms with E-state index >= 15 is 0 Å². The summed E-state index contributed by atoms with van der Waals surface area (Å²) in [6.07, 6.45) is 5.27. The molecular weight excluding hydrogens is 267 g/mol. The molecule has 2 aliphatic rings. The van der Waals surface area contributed by atoms with Crippen molar-refractivity contribution >= 4 is 5.91 Å². The zero-order chi connectivity index (χ0) is 14.7. The fraction of sp³-hybridized carbons (Fsp3) is 0.588. The topological polar surface area (TPSA) is 32.3 Å². The third-order valence-electron chi connectivity index (χ3n) is 4.48. The molecule has 1 amide bonds. The van der Waals surface area contributed by atoms with Crippen molar-refractivity contribution < 1.29 is 9.18 Å². The van der Waals surface area contributed by atoms with Gasteiger partial charge in [0.05, 0.1) is 0 Å². The van der Waals surface area contributed by atoms with Gasteiger partial charge in [-0.3, -0.25) is 4.79 Å². The van der Waals surface area contributed by atoms with Crippen molar-refractivity contribution in [2.45, 2.75) is 44.7 Å². The number of halogens is 1. The van der Waals surface area contributed by atoms with Gasteiger partial charge in [0.1, 0.15) is 5.82 Å². The van der Waals surface area contributed by atoms with Crippen molar-refractivity contribution in [2.75, 3.05) is 13.1 Å². The summed E-state index contributed by atoms with van der Waals surface area (Å²) in [6.45, 7) is 2.52. The summed E-state index contributed by atoms with van der Waals surface area (Å²) in [5.74, 6) is 0.901. The van der Waals surface area contributed by atoms with Crippen LogP contribution in [0, 0.1) is 11.7 Å². The first-order chi connectivity index (χ1) is 10.2. The summed E-state index contributed by atoms with van der Waals surface area (Å²) < 4.78 is 13.1. The molecule has 1 saturated carbocycles. The molecule has 1 atom stereocenters. The summed E-state index contributed by atoms with van der Waals surface area (Å²) in [6, 6.07) is 7.08. The standard InChI is InChI=1S/C17H23FN2O/c18-15-3-1-2-14(10-15)11-19-9-8-16-6-7-17(21)20(16)12-13-4-5-13/h1-3,10,13,16,19H,4-9,11-12H2. The molecule has 0 radical (unpaired) electrons. The van der Waals surface area contributed by atoms with Crippen molar-refractivity contribution in [1.82, 2.24) is 10.2 Å². The average Bonchev–Trinajstić information content (AvgIpc) is 3.22. The van der Waals surface area contributed by atoms with Gasteiger partial charge in [0.25, 0.3) is 0 Å². The number of benzene rings is 1. The van der Waals surface area contributed by atoms with Crippen LogP contribution in [0.15, 0.2) is 24.3 Å². The molecular formula is C17H23FN2O. The Labute approximate surface area is 125 Å². The van der Waals surface area contributed by atoms with Crippen LogP contribution in [0.25, 0.3) is 0 Å². The molecule has 3 nitrogen and oxygen atoms in total. The lowest BCUT2D eigenvalue weighted by Gasteiger charge is -2.25. The Kier molecular flexibility index (Phi) is 4.54. The van der Waals surface area contributed by atoms with Crippen molar-refractivity contribution in [3.05, 3.63) is 35.6 Å². The van der Waals surface area contributed by atoms with Gasteiger partial charge in [-0.1, -0.05) is 12.1 Å². The number of carbonyl (C=O) groups is 1. The number of nitrogens with one attached hydrogen (secondary N) is 1. The van der Waals surface area contributed by atoms with E-state index in [4.69, 9.17) is 0 Å². The van der Waals surface area contributed by atoms with Crippen LogP contribution in [-0.4, -0.2) is 29.9 Å². The van der Waals surface area contributed by atoms with E-state index in [1.807, 2.05) is 6.07 Å². The molecule has 3 rings (SSSR count). The molecule has 1 saturated heterocycles. The van der Waals surface area contributed by atoms with Crippen LogP contribution in [-0.2, 0) is 11.3 Å². The number of likely N-dealkylation sites (tertiary alicyclic amines) is 1. The predicted octanol–water partition coefficient (Wildman–Crippen LogP) is 2.71. The number of nitrogens with zero attached hydrogens (tertiary/aromatic N) is 1. The van der Waals surface area contributed by atoms with Gasteiger partial charge in [0, 0.05) is 25.6 Å². The number of hydrogen-bond acceptors (Lipinski definition) is 2. The molecule has 0 bridgehead atoms. The Morgan fingerprint density at radius 2 is 2.14 bits per heavy atom. The smallest absolute Gasteiger partial charge is 0.222 e. The molecule has 0 spiro atoms. The molecule has 1 unspecified atom stereocenters. The number of rotatable bonds is 7. The first kappa shape index (κ1) is 14.5. The first-order valence-corrected chi connectivity index (χ1v) is 7.97. The lowest BCUT2D eigenvalue weighted by Crippen LogP contribution is -2.36.